The van der Waals surface area contributed by atoms with Crippen LogP contribution < -0.4 is 5.32 Å². The van der Waals surface area contributed by atoms with E-state index in [-0.39, 0.29) is 5.91 Å². The molecule has 0 bridgehead atoms. The van der Waals surface area contributed by atoms with Gasteiger partial charge in [0.15, 0.2) is 0 Å². The molecule has 4 heteroatoms. The molecule has 1 fully saturated rings. The van der Waals surface area contributed by atoms with Gasteiger partial charge in [0.2, 0.25) is 5.91 Å². The monoisotopic (exact) mass is 159 g/mol. The van der Waals surface area contributed by atoms with E-state index in [9.17, 15) is 4.79 Å². The molecule has 1 N–H and O–H groups in total. The Hall–Kier alpha value is -0.610. The minimum Gasteiger partial charge on any atom is -0.359 e. The Morgan fingerprint density at radius 3 is 3.09 bits per heavy atom. The Morgan fingerprint density at radius 1 is 1.73 bits per heavy atom. The number of hydrogen-bond acceptors (Lipinski definition) is 3. The molecule has 0 aromatic heterocycles. The predicted octanol–water partition coefficient (Wildman–Crippen LogP) is -0.257. The second-order valence-electron chi connectivity index (χ2n) is 2.65. The van der Waals surface area contributed by atoms with Crippen molar-refractivity contribution in [2.45, 2.75) is 6.42 Å². The second kappa shape index (κ2) is 4.31. The van der Waals surface area contributed by atoms with Gasteiger partial charge in [-0.25, -0.2) is 0 Å². The van der Waals surface area contributed by atoms with Gasteiger partial charge >= 0.3 is 0 Å². The minimum atomic E-state index is 0.121. The summed E-state index contributed by atoms with van der Waals surface area (Å²) < 4.78 is 9.80. The first kappa shape index (κ1) is 8.49. The number of nitrogens with one attached hydrogen (secondary N) is 1. The second-order valence-corrected chi connectivity index (χ2v) is 2.65. The molecule has 0 spiro atoms. The van der Waals surface area contributed by atoms with Crippen molar-refractivity contribution in [3.8, 4) is 0 Å². The van der Waals surface area contributed by atoms with E-state index >= 15 is 0 Å². The highest BCUT2D eigenvalue weighted by Crippen LogP contribution is 2.08. The Bertz CT molecular complexity index is 138. The molecule has 64 valence electrons. The van der Waals surface area contributed by atoms with Crippen LogP contribution >= 0.6 is 0 Å². The third-order valence-electron chi connectivity index (χ3n) is 1.62. The van der Waals surface area contributed by atoms with Gasteiger partial charge in [0.1, 0.15) is 6.79 Å². The molecule has 1 amide bonds. The van der Waals surface area contributed by atoms with E-state index in [1.165, 1.54) is 0 Å². The van der Waals surface area contributed by atoms with E-state index in [1.807, 2.05) is 0 Å². The number of hydrogen-bond donors (Lipinski definition) is 1. The zero-order valence-corrected chi connectivity index (χ0v) is 6.63. The van der Waals surface area contributed by atoms with Gasteiger partial charge in [-0.1, -0.05) is 0 Å². The fourth-order valence-electron chi connectivity index (χ4n) is 1.08. The molecule has 0 saturated carbocycles. The maximum atomic E-state index is 10.7. The summed E-state index contributed by atoms with van der Waals surface area (Å²) in [4.78, 5) is 10.7. The number of methoxy groups -OCH3 is 1. The first-order valence-corrected chi connectivity index (χ1v) is 3.66. The van der Waals surface area contributed by atoms with Crippen molar-refractivity contribution in [3.05, 3.63) is 0 Å². The van der Waals surface area contributed by atoms with Gasteiger partial charge in [0, 0.05) is 26.0 Å². The molecule has 1 rings (SSSR count). The summed E-state index contributed by atoms with van der Waals surface area (Å²) in [5, 5.41) is 2.74. The molecule has 1 saturated heterocycles. The normalized spacial score (nSPS) is 23.7. The summed E-state index contributed by atoms with van der Waals surface area (Å²) in [6, 6.07) is 0. The quantitative estimate of drug-likeness (QED) is 0.454. The van der Waals surface area contributed by atoms with Crippen LogP contribution in [0.5, 0.6) is 0 Å². The molecule has 1 atom stereocenters. The third-order valence-corrected chi connectivity index (χ3v) is 1.62. The van der Waals surface area contributed by atoms with Crippen LogP contribution in [0, 0.1) is 5.92 Å². The standard InChI is InChI=1S/C7H13NO3/c1-10-5-11-4-6-2-7(9)8-3-6/h6H,2-5H2,1H3,(H,8,9)/t6-/m0/s1. The van der Waals surface area contributed by atoms with E-state index < -0.39 is 0 Å². The van der Waals surface area contributed by atoms with Gasteiger partial charge in [-0.3, -0.25) is 4.79 Å². The van der Waals surface area contributed by atoms with Gasteiger partial charge in [-0.05, 0) is 0 Å². The van der Waals surface area contributed by atoms with Crippen LogP contribution in [0.2, 0.25) is 0 Å². The zero-order valence-electron chi connectivity index (χ0n) is 6.63. The molecular formula is C7H13NO3. The van der Waals surface area contributed by atoms with Crippen LogP contribution in [0.1, 0.15) is 6.42 Å². The molecule has 1 aliphatic rings. The van der Waals surface area contributed by atoms with Crippen molar-refractivity contribution in [1.82, 2.24) is 5.32 Å². The summed E-state index contributed by atoms with van der Waals surface area (Å²) in [7, 11) is 1.58. The largest absolute Gasteiger partial charge is 0.359 e. The van der Waals surface area contributed by atoms with Gasteiger partial charge < -0.3 is 14.8 Å². The Kier molecular flexibility index (Phi) is 3.32. The van der Waals surface area contributed by atoms with Crippen molar-refractivity contribution in [1.29, 1.82) is 0 Å². The van der Waals surface area contributed by atoms with Crippen LogP contribution in [0.25, 0.3) is 0 Å². The fraction of sp³-hybridized carbons (Fsp3) is 0.857. The smallest absolute Gasteiger partial charge is 0.220 e. The Balaban J connectivity index is 2.04. The number of ether oxygens (including phenoxy) is 2. The summed E-state index contributed by atoms with van der Waals surface area (Å²) in [5.41, 5.74) is 0. The molecule has 0 aliphatic carbocycles. The maximum absolute atomic E-state index is 10.7. The number of carbonyl (C=O) groups is 1. The molecule has 1 aliphatic heterocycles. The Labute approximate surface area is 65.9 Å². The molecule has 0 aromatic rings. The SMILES string of the molecule is COCOC[C@@H]1CNC(=O)C1. The molecule has 0 aromatic carbocycles. The molecule has 0 radical (unpaired) electrons. The van der Waals surface area contributed by atoms with Crippen LogP contribution in [0.4, 0.5) is 0 Å². The van der Waals surface area contributed by atoms with Crippen molar-refractivity contribution in [2.75, 3.05) is 27.1 Å². The minimum absolute atomic E-state index is 0.121. The summed E-state index contributed by atoms with van der Waals surface area (Å²) >= 11 is 0. The lowest BCUT2D eigenvalue weighted by Gasteiger charge is -2.06. The number of carbonyl (C=O) groups excluding carboxylic acids is 1. The lowest BCUT2D eigenvalue weighted by atomic mass is 10.1. The average molecular weight is 159 g/mol. The average Bonchev–Trinajstić information content (AvgIpc) is 2.37. The van der Waals surface area contributed by atoms with Crippen molar-refractivity contribution < 1.29 is 14.3 Å². The highest BCUT2D eigenvalue weighted by molar-refractivity contribution is 5.78. The van der Waals surface area contributed by atoms with Crippen LogP contribution in [-0.2, 0) is 14.3 Å². The predicted molar refractivity (Wildman–Crippen MR) is 38.9 cm³/mol. The first-order valence-electron chi connectivity index (χ1n) is 3.66. The summed E-state index contributed by atoms with van der Waals surface area (Å²) in [5.74, 6) is 0.452. The molecule has 1 heterocycles. The van der Waals surface area contributed by atoms with E-state index in [0.717, 1.165) is 6.54 Å². The first-order chi connectivity index (χ1) is 5.33. The Morgan fingerprint density at radius 2 is 2.55 bits per heavy atom. The third kappa shape index (κ3) is 2.86. The molecule has 4 nitrogen and oxygen atoms in total. The van der Waals surface area contributed by atoms with Gasteiger partial charge in [0.25, 0.3) is 0 Å². The van der Waals surface area contributed by atoms with Crippen molar-refractivity contribution in [3.63, 3.8) is 0 Å². The lowest BCUT2D eigenvalue weighted by Crippen LogP contribution is -2.16. The summed E-state index contributed by atoms with van der Waals surface area (Å²) in [6.45, 7) is 1.65. The molecule has 0 unspecified atom stereocenters. The van der Waals surface area contributed by atoms with E-state index in [0.29, 0.717) is 25.7 Å². The fourth-order valence-corrected chi connectivity index (χ4v) is 1.08. The van der Waals surface area contributed by atoms with Crippen LogP contribution in [0.15, 0.2) is 0 Å². The van der Waals surface area contributed by atoms with Crippen molar-refractivity contribution >= 4 is 5.91 Å². The molecular weight excluding hydrogens is 146 g/mol. The highest BCUT2D eigenvalue weighted by atomic mass is 16.7. The lowest BCUT2D eigenvalue weighted by molar-refractivity contribution is -0.119. The zero-order chi connectivity index (χ0) is 8.10. The van der Waals surface area contributed by atoms with Crippen LogP contribution in [-0.4, -0.2) is 33.0 Å². The van der Waals surface area contributed by atoms with Crippen LogP contribution in [0.3, 0.4) is 0 Å². The van der Waals surface area contributed by atoms with E-state index in [2.05, 4.69) is 5.32 Å². The van der Waals surface area contributed by atoms with Gasteiger partial charge in [-0.15, -0.1) is 0 Å². The van der Waals surface area contributed by atoms with E-state index in [1.54, 1.807) is 7.11 Å². The topological polar surface area (TPSA) is 47.6 Å². The maximum Gasteiger partial charge on any atom is 0.220 e. The van der Waals surface area contributed by atoms with E-state index in [4.69, 9.17) is 9.47 Å². The highest BCUT2D eigenvalue weighted by Gasteiger charge is 2.20. The van der Waals surface area contributed by atoms with Gasteiger partial charge in [0.05, 0.1) is 6.61 Å². The summed E-state index contributed by atoms with van der Waals surface area (Å²) in [6.07, 6.45) is 0.587. The molecule has 11 heavy (non-hydrogen) atoms. The van der Waals surface area contributed by atoms with Gasteiger partial charge in [-0.2, -0.15) is 0 Å². The number of rotatable bonds is 4. The number of amides is 1. The van der Waals surface area contributed by atoms with Crippen molar-refractivity contribution in [2.24, 2.45) is 5.92 Å².